The molecule has 3 nitrogen and oxygen atoms in total. The number of halogens is 2. The molecule has 0 fully saturated rings. The molecule has 4 aromatic rings. The van der Waals surface area contributed by atoms with Crippen molar-refractivity contribution >= 4 is 34.7 Å². The van der Waals surface area contributed by atoms with Crippen LogP contribution in [0.3, 0.4) is 0 Å². The van der Waals surface area contributed by atoms with Gasteiger partial charge in [-0.3, -0.25) is 9.36 Å². The first-order valence-electron chi connectivity index (χ1n) is 8.33. The Morgan fingerprint density at radius 1 is 0.889 bits per heavy atom. The lowest BCUT2D eigenvalue weighted by molar-refractivity contribution is 0.627. The number of hydrogen-bond acceptors (Lipinski definition) is 2. The van der Waals surface area contributed by atoms with Crippen molar-refractivity contribution < 1.29 is 4.39 Å². The highest BCUT2D eigenvalue weighted by molar-refractivity contribution is 6.30. The van der Waals surface area contributed by atoms with Crippen molar-refractivity contribution in [1.29, 1.82) is 0 Å². The molecule has 1 heterocycles. The third-order valence-corrected chi connectivity index (χ3v) is 4.43. The van der Waals surface area contributed by atoms with E-state index in [0.29, 0.717) is 27.4 Å². The maximum Gasteiger partial charge on any atom is 0.266 e. The zero-order valence-electron chi connectivity index (χ0n) is 14.1. The normalized spacial score (nSPS) is 11.3. The van der Waals surface area contributed by atoms with E-state index < -0.39 is 0 Å². The summed E-state index contributed by atoms with van der Waals surface area (Å²) in [4.78, 5) is 17.7. The average Bonchev–Trinajstić information content (AvgIpc) is 2.69. The van der Waals surface area contributed by atoms with E-state index >= 15 is 0 Å². The van der Waals surface area contributed by atoms with E-state index in [9.17, 15) is 9.18 Å². The van der Waals surface area contributed by atoms with Gasteiger partial charge in [0.15, 0.2) is 0 Å². The highest BCUT2D eigenvalue weighted by Crippen LogP contribution is 2.17. The molecular weight excluding hydrogens is 363 g/mol. The van der Waals surface area contributed by atoms with Crippen molar-refractivity contribution in [3.63, 3.8) is 0 Å². The van der Waals surface area contributed by atoms with Gasteiger partial charge < -0.3 is 0 Å². The van der Waals surface area contributed by atoms with Gasteiger partial charge >= 0.3 is 0 Å². The van der Waals surface area contributed by atoms with Gasteiger partial charge in [0.2, 0.25) is 0 Å². The molecule has 0 saturated heterocycles. The number of para-hydroxylation sites is 1. The average molecular weight is 377 g/mol. The molecule has 0 N–H and O–H groups in total. The Balaban J connectivity index is 1.92. The fourth-order valence-corrected chi connectivity index (χ4v) is 2.97. The first kappa shape index (κ1) is 17.2. The lowest BCUT2D eigenvalue weighted by Crippen LogP contribution is -2.22. The van der Waals surface area contributed by atoms with Gasteiger partial charge in [-0.25, -0.2) is 9.37 Å². The zero-order valence-corrected chi connectivity index (χ0v) is 14.9. The fourth-order valence-electron chi connectivity index (χ4n) is 2.85. The van der Waals surface area contributed by atoms with Crippen LogP contribution in [0.15, 0.2) is 77.6 Å². The van der Waals surface area contributed by atoms with Crippen molar-refractivity contribution in [2.24, 2.45) is 0 Å². The van der Waals surface area contributed by atoms with Crippen molar-refractivity contribution in [2.45, 2.75) is 0 Å². The molecule has 132 valence electrons. The number of fused-ring (bicyclic) bond motifs is 1. The van der Waals surface area contributed by atoms with Crippen molar-refractivity contribution in [3.05, 3.63) is 105 Å². The molecule has 0 aliphatic heterocycles. The lowest BCUT2D eigenvalue weighted by atomic mass is 10.2. The van der Waals surface area contributed by atoms with Crippen molar-refractivity contribution in [1.82, 2.24) is 9.55 Å². The van der Waals surface area contributed by atoms with Crippen LogP contribution in [0.1, 0.15) is 11.4 Å². The SMILES string of the molecule is O=c1c2ccccc2nc(/C=C/c2ccc(Cl)cc2)n1-c1ccc(F)cc1. The van der Waals surface area contributed by atoms with Crippen LogP contribution >= 0.6 is 11.6 Å². The minimum atomic E-state index is -0.362. The number of nitrogens with zero attached hydrogens (tertiary/aromatic N) is 2. The van der Waals surface area contributed by atoms with Gasteiger partial charge in [0.25, 0.3) is 5.56 Å². The second-order valence-corrected chi connectivity index (χ2v) is 6.43. The van der Waals surface area contributed by atoms with E-state index in [1.54, 1.807) is 48.5 Å². The van der Waals surface area contributed by atoms with E-state index in [-0.39, 0.29) is 11.4 Å². The summed E-state index contributed by atoms with van der Waals surface area (Å²) in [7, 11) is 0. The smallest absolute Gasteiger partial charge is 0.266 e. The highest BCUT2D eigenvalue weighted by Gasteiger charge is 2.11. The molecule has 0 saturated carbocycles. The molecular formula is C22H14ClFN2O. The molecule has 3 aromatic carbocycles. The van der Waals surface area contributed by atoms with Crippen LogP contribution in [0.5, 0.6) is 0 Å². The summed E-state index contributed by atoms with van der Waals surface area (Å²) < 4.78 is 14.8. The maximum atomic E-state index is 13.3. The monoisotopic (exact) mass is 376 g/mol. The van der Waals surface area contributed by atoms with Gasteiger partial charge in [0.05, 0.1) is 16.6 Å². The van der Waals surface area contributed by atoms with Crippen LogP contribution < -0.4 is 5.56 Å². The zero-order chi connectivity index (χ0) is 18.8. The molecule has 0 spiro atoms. The van der Waals surface area contributed by atoms with Gasteiger partial charge in [-0.1, -0.05) is 41.9 Å². The van der Waals surface area contributed by atoms with Gasteiger partial charge in [0.1, 0.15) is 11.6 Å². The van der Waals surface area contributed by atoms with Crippen LogP contribution in [-0.4, -0.2) is 9.55 Å². The molecule has 0 unspecified atom stereocenters. The second kappa shape index (κ2) is 7.17. The first-order valence-corrected chi connectivity index (χ1v) is 8.71. The number of hydrogen-bond donors (Lipinski definition) is 0. The number of aromatic nitrogens is 2. The molecule has 1 aromatic heterocycles. The third-order valence-electron chi connectivity index (χ3n) is 4.18. The van der Waals surface area contributed by atoms with E-state index in [4.69, 9.17) is 11.6 Å². The third kappa shape index (κ3) is 3.52. The molecule has 0 radical (unpaired) electrons. The second-order valence-electron chi connectivity index (χ2n) is 5.99. The molecule has 0 bridgehead atoms. The largest absolute Gasteiger partial charge is 0.268 e. The van der Waals surface area contributed by atoms with Crippen LogP contribution in [0.2, 0.25) is 5.02 Å². The molecule has 0 atom stereocenters. The van der Waals surface area contributed by atoms with Gasteiger partial charge in [-0.15, -0.1) is 0 Å². The predicted molar refractivity (Wildman–Crippen MR) is 108 cm³/mol. The van der Waals surface area contributed by atoms with Crippen LogP contribution in [0, 0.1) is 5.82 Å². The summed E-state index contributed by atoms with van der Waals surface area (Å²) >= 11 is 5.92. The number of rotatable bonds is 3. The quantitative estimate of drug-likeness (QED) is 0.483. The minimum absolute atomic E-state index is 0.206. The van der Waals surface area contributed by atoms with Gasteiger partial charge in [0, 0.05) is 5.02 Å². The van der Waals surface area contributed by atoms with Crippen LogP contribution in [-0.2, 0) is 0 Å². The van der Waals surface area contributed by atoms with Gasteiger partial charge in [-0.05, 0) is 60.2 Å². The highest BCUT2D eigenvalue weighted by atomic mass is 35.5. The fraction of sp³-hybridized carbons (Fsp3) is 0. The van der Waals surface area contributed by atoms with E-state index in [1.807, 2.05) is 24.3 Å². The Morgan fingerprint density at radius 3 is 2.33 bits per heavy atom. The summed E-state index contributed by atoms with van der Waals surface area (Å²) in [5, 5.41) is 1.16. The Kier molecular flexibility index (Phi) is 4.57. The topological polar surface area (TPSA) is 34.9 Å². The standard InChI is InChI=1S/C22H14ClFN2O/c23-16-8-5-15(6-9-16)7-14-21-25-20-4-2-1-3-19(20)22(27)26(21)18-12-10-17(24)11-13-18/h1-14H/b14-7+. The predicted octanol–water partition coefficient (Wildman–Crippen LogP) is 5.35. The summed E-state index contributed by atoms with van der Waals surface area (Å²) in [6.07, 6.45) is 3.62. The summed E-state index contributed by atoms with van der Waals surface area (Å²) in [5.74, 6) is 0.0964. The molecule has 27 heavy (non-hydrogen) atoms. The lowest BCUT2D eigenvalue weighted by Gasteiger charge is -2.11. The minimum Gasteiger partial charge on any atom is -0.268 e. The maximum absolute atomic E-state index is 13.3. The van der Waals surface area contributed by atoms with Crippen LogP contribution in [0.4, 0.5) is 4.39 Å². The molecule has 4 rings (SSSR count). The summed E-state index contributed by atoms with van der Waals surface area (Å²) in [6.45, 7) is 0. The van der Waals surface area contributed by atoms with E-state index in [1.165, 1.54) is 16.7 Å². The summed E-state index contributed by atoms with van der Waals surface area (Å²) in [6, 6.07) is 20.3. The summed E-state index contributed by atoms with van der Waals surface area (Å²) in [5.41, 5.74) is 1.88. The van der Waals surface area contributed by atoms with Crippen LogP contribution in [0.25, 0.3) is 28.7 Å². The first-order chi connectivity index (χ1) is 13.1. The molecule has 0 aliphatic carbocycles. The Hall–Kier alpha value is -3.24. The molecule has 0 amide bonds. The number of benzene rings is 3. The van der Waals surface area contributed by atoms with Crippen molar-refractivity contribution in [3.8, 4) is 5.69 Å². The van der Waals surface area contributed by atoms with E-state index in [0.717, 1.165) is 5.56 Å². The van der Waals surface area contributed by atoms with Gasteiger partial charge in [-0.2, -0.15) is 0 Å². The van der Waals surface area contributed by atoms with E-state index in [2.05, 4.69) is 4.98 Å². The Bertz CT molecular complexity index is 1200. The molecule has 0 aliphatic rings. The van der Waals surface area contributed by atoms with Crippen molar-refractivity contribution in [2.75, 3.05) is 0 Å². The Labute approximate surface area is 160 Å². The molecule has 5 heteroatoms. The Morgan fingerprint density at radius 2 is 1.59 bits per heavy atom.